The van der Waals surface area contributed by atoms with Crippen molar-refractivity contribution in [2.75, 3.05) is 13.7 Å². The lowest BCUT2D eigenvalue weighted by molar-refractivity contribution is 0.380. The summed E-state index contributed by atoms with van der Waals surface area (Å²) in [6.07, 6.45) is 3.28. The van der Waals surface area contributed by atoms with Crippen LogP contribution in [0.1, 0.15) is 19.5 Å². The molecule has 0 radical (unpaired) electrons. The zero-order valence-electron chi connectivity index (χ0n) is 19.9. The van der Waals surface area contributed by atoms with Crippen molar-refractivity contribution in [3.05, 3.63) is 89.6 Å². The van der Waals surface area contributed by atoms with Crippen LogP contribution in [0.25, 0.3) is 33.3 Å². The fourth-order valence-electron chi connectivity index (χ4n) is 3.81. The molecule has 8 heteroatoms. The standard InChI is InChI=1S/C27H26N6O2/c1-5-29-18(3)25(28)32-17(2)23-14-19-10-9-13-22(20-15-30-27(35-4)31-16-20)24(19)26(34)33(23)21-11-7-6-8-12-21/h6-16H,2,5H2,1,3-4H3,(H2,28,32). The van der Waals surface area contributed by atoms with Crippen LogP contribution in [0, 0.1) is 0 Å². The Labute approximate surface area is 203 Å². The number of aromatic nitrogens is 3. The Morgan fingerprint density at radius 1 is 1.11 bits per heavy atom. The summed E-state index contributed by atoms with van der Waals surface area (Å²) in [7, 11) is 1.50. The van der Waals surface area contributed by atoms with Gasteiger partial charge in [0.05, 0.1) is 29.6 Å². The number of aliphatic imine (C=N–C) groups is 2. The van der Waals surface area contributed by atoms with Crippen LogP contribution >= 0.6 is 0 Å². The normalized spacial score (nSPS) is 12.1. The molecule has 0 aliphatic carbocycles. The molecular weight excluding hydrogens is 440 g/mol. The van der Waals surface area contributed by atoms with E-state index in [0.29, 0.717) is 45.8 Å². The molecule has 35 heavy (non-hydrogen) atoms. The summed E-state index contributed by atoms with van der Waals surface area (Å²) in [6.45, 7) is 8.44. The van der Waals surface area contributed by atoms with Crippen LogP contribution in [-0.2, 0) is 0 Å². The molecule has 0 bridgehead atoms. The van der Waals surface area contributed by atoms with E-state index in [1.807, 2.05) is 61.5 Å². The molecule has 0 spiro atoms. The van der Waals surface area contributed by atoms with Crippen LogP contribution in [0.4, 0.5) is 0 Å². The molecule has 2 heterocycles. The molecule has 0 atom stereocenters. The zero-order chi connectivity index (χ0) is 24.9. The number of fused-ring (bicyclic) bond motifs is 1. The molecule has 0 saturated heterocycles. The fourth-order valence-corrected chi connectivity index (χ4v) is 3.81. The summed E-state index contributed by atoms with van der Waals surface area (Å²) in [5, 5.41) is 1.27. The first-order chi connectivity index (χ1) is 16.9. The number of benzene rings is 2. The lowest BCUT2D eigenvalue weighted by atomic mass is 10.00. The van der Waals surface area contributed by atoms with Gasteiger partial charge in [0.15, 0.2) is 0 Å². The number of hydrogen-bond donors (Lipinski definition) is 1. The minimum absolute atomic E-state index is 0.219. The second-order valence-corrected chi connectivity index (χ2v) is 7.74. The van der Waals surface area contributed by atoms with Gasteiger partial charge in [0.2, 0.25) is 0 Å². The molecule has 8 nitrogen and oxygen atoms in total. The fraction of sp³-hybridized carbons (Fsp3) is 0.148. The second-order valence-electron chi connectivity index (χ2n) is 7.74. The number of amidine groups is 1. The van der Waals surface area contributed by atoms with Crippen molar-refractivity contribution in [3.8, 4) is 22.8 Å². The van der Waals surface area contributed by atoms with Crippen LogP contribution in [-0.4, -0.2) is 39.7 Å². The number of methoxy groups -OCH3 is 1. The summed E-state index contributed by atoms with van der Waals surface area (Å²) in [6, 6.07) is 17.2. The summed E-state index contributed by atoms with van der Waals surface area (Å²) in [4.78, 5) is 31.2. The minimum Gasteiger partial charge on any atom is -0.467 e. The summed E-state index contributed by atoms with van der Waals surface area (Å²) in [5.41, 5.74) is 9.54. The number of pyridine rings is 1. The van der Waals surface area contributed by atoms with Crippen LogP contribution in [0.3, 0.4) is 0 Å². The van der Waals surface area contributed by atoms with Crippen LogP contribution in [0.2, 0.25) is 0 Å². The van der Waals surface area contributed by atoms with Crippen molar-refractivity contribution in [1.82, 2.24) is 14.5 Å². The second kappa shape index (κ2) is 10.1. The van der Waals surface area contributed by atoms with Gasteiger partial charge in [0, 0.05) is 30.2 Å². The van der Waals surface area contributed by atoms with E-state index in [-0.39, 0.29) is 17.4 Å². The number of para-hydroxylation sites is 1. The predicted molar refractivity (Wildman–Crippen MR) is 141 cm³/mol. The van der Waals surface area contributed by atoms with Crippen molar-refractivity contribution in [1.29, 1.82) is 0 Å². The Morgan fingerprint density at radius 2 is 1.83 bits per heavy atom. The quantitative estimate of drug-likeness (QED) is 0.323. The maximum atomic E-state index is 14.0. The van der Waals surface area contributed by atoms with E-state index in [4.69, 9.17) is 10.5 Å². The van der Waals surface area contributed by atoms with Gasteiger partial charge >= 0.3 is 6.01 Å². The molecule has 0 aliphatic heterocycles. The molecule has 0 aliphatic rings. The number of ether oxygens (including phenoxy) is 1. The summed E-state index contributed by atoms with van der Waals surface area (Å²) in [5.74, 6) is 0.258. The molecular formula is C27H26N6O2. The SMILES string of the molecule is C=C(N=C(N)C(C)=NCC)c1cc2cccc(-c3cnc(OC)nc3)c2c(=O)n1-c1ccccc1. The van der Waals surface area contributed by atoms with E-state index < -0.39 is 0 Å². The largest absolute Gasteiger partial charge is 0.467 e. The first-order valence-electron chi connectivity index (χ1n) is 11.1. The Morgan fingerprint density at radius 3 is 2.49 bits per heavy atom. The van der Waals surface area contributed by atoms with Gasteiger partial charge in [-0.05, 0) is 43.0 Å². The van der Waals surface area contributed by atoms with E-state index in [2.05, 4.69) is 26.5 Å². The van der Waals surface area contributed by atoms with Crippen molar-refractivity contribution < 1.29 is 4.74 Å². The third-order valence-electron chi connectivity index (χ3n) is 5.50. The van der Waals surface area contributed by atoms with Gasteiger partial charge in [-0.3, -0.25) is 14.4 Å². The lowest BCUT2D eigenvalue weighted by Gasteiger charge is -2.16. The maximum Gasteiger partial charge on any atom is 0.316 e. The van der Waals surface area contributed by atoms with Crippen LogP contribution < -0.4 is 16.0 Å². The molecule has 0 saturated carbocycles. The first kappa shape index (κ1) is 23.6. The van der Waals surface area contributed by atoms with E-state index in [1.165, 1.54) is 7.11 Å². The molecule has 176 valence electrons. The third kappa shape index (κ3) is 4.72. The van der Waals surface area contributed by atoms with Gasteiger partial charge in [-0.1, -0.05) is 43.0 Å². The highest BCUT2D eigenvalue weighted by Gasteiger charge is 2.17. The van der Waals surface area contributed by atoms with Crippen molar-refractivity contribution >= 4 is 28.0 Å². The summed E-state index contributed by atoms with van der Waals surface area (Å²) >= 11 is 0. The Kier molecular flexibility index (Phi) is 6.82. The van der Waals surface area contributed by atoms with Crippen LogP contribution in [0.5, 0.6) is 6.01 Å². The average molecular weight is 467 g/mol. The highest BCUT2D eigenvalue weighted by molar-refractivity contribution is 6.40. The molecule has 4 rings (SSSR count). The van der Waals surface area contributed by atoms with Crippen molar-refractivity contribution in [3.63, 3.8) is 0 Å². The lowest BCUT2D eigenvalue weighted by Crippen LogP contribution is -2.24. The van der Waals surface area contributed by atoms with Gasteiger partial charge in [-0.25, -0.2) is 15.0 Å². The van der Waals surface area contributed by atoms with Crippen molar-refractivity contribution in [2.24, 2.45) is 15.7 Å². The number of rotatable bonds is 7. The van der Waals surface area contributed by atoms with Gasteiger partial charge in [0.1, 0.15) is 5.84 Å². The molecule has 2 aromatic heterocycles. The Balaban J connectivity index is 1.99. The topological polar surface area (TPSA) is 108 Å². The van der Waals surface area contributed by atoms with E-state index in [0.717, 1.165) is 5.39 Å². The molecule has 0 unspecified atom stereocenters. The summed E-state index contributed by atoms with van der Waals surface area (Å²) < 4.78 is 6.67. The van der Waals surface area contributed by atoms with E-state index in [9.17, 15) is 4.79 Å². The molecule has 0 amide bonds. The predicted octanol–water partition coefficient (Wildman–Crippen LogP) is 4.27. The maximum absolute atomic E-state index is 14.0. The molecule has 2 aromatic carbocycles. The number of hydrogen-bond acceptors (Lipinski definition) is 6. The molecule has 2 N–H and O–H groups in total. The Bertz CT molecular complexity index is 1500. The number of nitrogens with two attached hydrogens (primary N) is 1. The highest BCUT2D eigenvalue weighted by atomic mass is 16.5. The highest BCUT2D eigenvalue weighted by Crippen LogP contribution is 2.29. The zero-order valence-corrected chi connectivity index (χ0v) is 19.9. The van der Waals surface area contributed by atoms with Gasteiger partial charge < -0.3 is 10.5 Å². The number of nitrogens with zero attached hydrogens (tertiary/aromatic N) is 5. The first-order valence-corrected chi connectivity index (χ1v) is 11.1. The van der Waals surface area contributed by atoms with Gasteiger partial charge in [-0.2, -0.15) is 0 Å². The minimum atomic E-state index is -0.219. The van der Waals surface area contributed by atoms with Gasteiger partial charge in [0.25, 0.3) is 5.56 Å². The monoisotopic (exact) mass is 466 g/mol. The smallest absolute Gasteiger partial charge is 0.316 e. The van der Waals surface area contributed by atoms with E-state index >= 15 is 0 Å². The van der Waals surface area contributed by atoms with Crippen LogP contribution in [0.15, 0.2) is 88.3 Å². The van der Waals surface area contributed by atoms with E-state index in [1.54, 1.807) is 23.9 Å². The van der Waals surface area contributed by atoms with Gasteiger partial charge in [-0.15, -0.1) is 0 Å². The molecule has 4 aromatic rings. The third-order valence-corrected chi connectivity index (χ3v) is 5.50. The molecule has 0 fully saturated rings. The average Bonchev–Trinajstić information content (AvgIpc) is 2.88. The Hall–Kier alpha value is -4.59. The van der Waals surface area contributed by atoms with Crippen molar-refractivity contribution in [2.45, 2.75) is 13.8 Å².